The van der Waals surface area contributed by atoms with Gasteiger partial charge in [0.25, 0.3) is 0 Å². The second-order valence-corrected chi connectivity index (χ2v) is 8.83. The van der Waals surface area contributed by atoms with Gasteiger partial charge in [0.2, 0.25) is 0 Å². The van der Waals surface area contributed by atoms with Crippen LogP contribution in [0.2, 0.25) is 0 Å². The SMILES string of the molecule is CC(C)CC(O)C(O)C(Cc1ccc2ccccc2c1)NC(=O)OC(C)(C)C. The molecule has 2 rings (SSSR count). The van der Waals surface area contributed by atoms with Gasteiger partial charge in [0.05, 0.1) is 12.1 Å². The van der Waals surface area contributed by atoms with Crippen LogP contribution in [0.5, 0.6) is 0 Å². The van der Waals surface area contributed by atoms with Crippen LogP contribution < -0.4 is 5.32 Å². The number of carbonyl (C=O) groups is 1. The summed E-state index contributed by atoms with van der Waals surface area (Å²) in [7, 11) is 0. The molecule has 0 spiro atoms. The number of hydrogen-bond donors (Lipinski definition) is 3. The molecular formula is C23H33NO4. The number of aliphatic hydroxyl groups is 2. The van der Waals surface area contributed by atoms with Crippen LogP contribution in [-0.2, 0) is 11.2 Å². The maximum absolute atomic E-state index is 12.3. The van der Waals surface area contributed by atoms with E-state index >= 15 is 0 Å². The molecular weight excluding hydrogens is 354 g/mol. The highest BCUT2D eigenvalue weighted by molar-refractivity contribution is 5.83. The zero-order chi connectivity index (χ0) is 20.9. The Morgan fingerprint density at radius 1 is 1.07 bits per heavy atom. The third kappa shape index (κ3) is 6.80. The molecule has 2 aromatic rings. The average molecular weight is 388 g/mol. The second-order valence-electron chi connectivity index (χ2n) is 8.83. The monoisotopic (exact) mass is 387 g/mol. The molecule has 3 N–H and O–H groups in total. The lowest BCUT2D eigenvalue weighted by Crippen LogP contribution is -2.51. The summed E-state index contributed by atoms with van der Waals surface area (Å²) < 4.78 is 5.34. The molecule has 3 unspecified atom stereocenters. The summed E-state index contributed by atoms with van der Waals surface area (Å²) >= 11 is 0. The predicted molar refractivity (Wildman–Crippen MR) is 112 cm³/mol. The lowest BCUT2D eigenvalue weighted by atomic mass is 9.92. The summed E-state index contributed by atoms with van der Waals surface area (Å²) in [4.78, 5) is 12.3. The van der Waals surface area contributed by atoms with Crippen LogP contribution in [-0.4, -0.2) is 40.2 Å². The van der Waals surface area contributed by atoms with Gasteiger partial charge in [-0.1, -0.05) is 56.3 Å². The van der Waals surface area contributed by atoms with Crippen molar-refractivity contribution in [2.24, 2.45) is 5.92 Å². The molecule has 0 heterocycles. The molecule has 0 saturated heterocycles. The summed E-state index contributed by atoms with van der Waals surface area (Å²) in [5, 5.41) is 26.1. The van der Waals surface area contributed by atoms with E-state index in [-0.39, 0.29) is 5.92 Å². The number of ether oxygens (including phenoxy) is 1. The Labute approximate surface area is 167 Å². The Morgan fingerprint density at radius 2 is 1.71 bits per heavy atom. The first kappa shape index (κ1) is 22.2. The van der Waals surface area contributed by atoms with Crippen molar-refractivity contribution >= 4 is 16.9 Å². The normalized spacial score (nSPS) is 15.3. The number of rotatable bonds is 7. The van der Waals surface area contributed by atoms with Crippen molar-refractivity contribution in [3.8, 4) is 0 Å². The molecule has 0 aliphatic carbocycles. The highest BCUT2D eigenvalue weighted by Crippen LogP contribution is 2.19. The summed E-state index contributed by atoms with van der Waals surface area (Å²) in [6.45, 7) is 9.32. The van der Waals surface area contributed by atoms with Crippen LogP contribution in [0.1, 0.15) is 46.6 Å². The third-order valence-electron chi connectivity index (χ3n) is 4.49. The minimum Gasteiger partial charge on any atom is -0.444 e. The van der Waals surface area contributed by atoms with Crippen LogP contribution in [0.4, 0.5) is 4.79 Å². The number of fused-ring (bicyclic) bond motifs is 1. The smallest absolute Gasteiger partial charge is 0.407 e. The molecule has 5 heteroatoms. The van der Waals surface area contributed by atoms with Crippen molar-refractivity contribution in [1.29, 1.82) is 0 Å². The molecule has 0 saturated carbocycles. The second kappa shape index (κ2) is 9.39. The summed E-state index contributed by atoms with van der Waals surface area (Å²) in [5.74, 6) is 0.229. The first-order chi connectivity index (χ1) is 13.0. The van der Waals surface area contributed by atoms with Crippen LogP contribution >= 0.6 is 0 Å². The zero-order valence-corrected chi connectivity index (χ0v) is 17.5. The van der Waals surface area contributed by atoms with E-state index in [1.54, 1.807) is 20.8 Å². The number of benzene rings is 2. The number of aliphatic hydroxyl groups excluding tert-OH is 2. The molecule has 0 aliphatic rings. The van der Waals surface area contributed by atoms with Gasteiger partial charge in [-0.2, -0.15) is 0 Å². The molecule has 0 radical (unpaired) electrons. The Bertz CT molecular complexity index is 782. The quantitative estimate of drug-likeness (QED) is 0.670. The van der Waals surface area contributed by atoms with E-state index in [0.717, 1.165) is 16.3 Å². The van der Waals surface area contributed by atoms with E-state index in [1.165, 1.54) is 0 Å². The Kier molecular flexibility index (Phi) is 7.44. The molecule has 28 heavy (non-hydrogen) atoms. The lowest BCUT2D eigenvalue weighted by molar-refractivity contribution is -0.0177. The fraction of sp³-hybridized carbons (Fsp3) is 0.522. The molecule has 1 amide bonds. The number of amides is 1. The minimum atomic E-state index is -1.10. The topological polar surface area (TPSA) is 78.8 Å². The first-order valence-corrected chi connectivity index (χ1v) is 9.88. The van der Waals surface area contributed by atoms with Crippen molar-refractivity contribution in [3.63, 3.8) is 0 Å². The summed E-state index contributed by atoms with van der Waals surface area (Å²) in [6, 6.07) is 13.4. The molecule has 0 fully saturated rings. The third-order valence-corrected chi connectivity index (χ3v) is 4.49. The average Bonchev–Trinajstić information content (AvgIpc) is 2.58. The van der Waals surface area contributed by atoms with Crippen molar-refractivity contribution in [2.45, 2.75) is 71.3 Å². The highest BCUT2D eigenvalue weighted by Gasteiger charge is 2.30. The summed E-state index contributed by atoms with van der Waals surface area (Å²) in [5.41, 5.74) is 0.328. The molecule has 154 valence electrons. The van der Waals surface area contributed by atoms with E-state index in [4.69, 9.17) is 4.74 Å². The Balaban J connectivity index is 2.21. The number of hydrogen-bond acceptors (Lipinski definition) is 4. The maximum Gasteiger partial charge on any atom is 0.407 e. The largest absolute Gasteiger partial charge is 0.444 e. The van der Waals surface area contributed by atoms with E-state index < -0.39 is 29.9 Å². The van der Waals surface area contributed by atoms with Gasteiger partial charge >= 0.3 is 6.09 Å². The molecule has 0 bridgehead atoms. The van der Waals surface area contributed by atoms with Crippen molar-refractivity contribution in [3.05, 3.63) is 48.0 Å². The van der Waals surface area contributed by atoms with Gasteiger partial charge in [-0.25, -0.2) is 4.79 Å². The molecule has 0 aliphatic heterocycles. The lowest BCUT2D eigenvalue weighted by Gasteiger charge is -2.30. The van der Waals surface area contributed by atoms with Crippen molar-refractivity contribution in [1.82, 2.24) is 5.32 Å². The van der Waals surface area contributed by atoms with Gasteiger partial charge in [-0.3, -0.25) is 0 Å². The zero-order valence-electron chi connectivity index (χ0n) is 17.5. The molecule has 5 nitrogen and oxygen atoms in total. The number of alkyl carbamates (subject to hydrolysis) is 1. The molecule has 3 atom stereocenters. The highest BCUT2D eigenvalue weighted by atomic mass is 16.6. The first-order valence-electron chi connectivity index (χ1n) is 9.88. The number of nitrogens with one attached hydrogen (secondary N) is 1. The standard InChI is InChI=1S/C23H33NO4/c1-15(2)12-20(25)21(26)19(24-22(27)28-23(3,4)5)14-16-10-11-17-8-6-7-9-18(17)13-16/h6-11,13,15,19-21,25-26H,12,14H2,1-5H3,(H,24,27). The van der Waals surface area contributed by atoms with Crippen LogP contribution in [0.3, 0.4) is 0 Å². The van der Waals surface area contributed by atoms with Crippen LogP contribution in [0.25, 0.3) is 10.8 Å². The van der Waals surface area contributed by atoms with E-state index in [1.807, 2.05) is 56.3 Å². The fourth-order valence-corrected chi connectivity index (χ4v) is 3.23. The van der Waals surface area contributed by atoms with Gasteiger partial charge in [0.1, 0.15) is 11.7 Å². The van der Waals surface area contributed by atoms with Gasteiger partial charge < -0.3 is 20.3 Å². The number of carbonyl (C=O) groups excluding carboxylic acids is 1. The van der Waals surface area contributed by atoms with Crippen molar-refractivity contribution in [2.75, 3.05) is 0 Å². The van der Waals surface area contributed by atoms with Crippen LogP contribution in [0, 0.1) is 5.92 Å². The summed E-state index contributed by atoms with van der Waals surface area (Å²) in [6.07, 6.45) is -1.79. The fourth-order valence-electron chi connectivity index (χ4n) is 3.23. The Hall–Kier alpha value is -2.11. The minimum absolute atomic E-state index is 0.229. The Morgan fingerprint density at radius 3 is 2.32 bits per heavy atom. The van der Waals surface area contributed by atoms with Gasteiger partial charge in [-0.15, -0.1) is 0 Å². The molecule has 2 aromatic carbocycles. The maximum atomic E-state index is 12.3. The van der Waals surface area contributed by atoms with Crippen molar-refractivity contribution < 1.29 is 19.7 Å². The van der Waals surface area contributed by atoms with E-state index in [0.29, 0.717) is 12.8 Å². The predicted octanol–water partition coefficient (Wildman–Crippen LogP) is 4.04. The van der Waals surface area contributed by atoms with E-state index in [2.05, 4.69) is 5.32 Å². The van der Waals surface area contributed by atoms with Gasteiger partial charge in [0, 0.05) is 0 Å². The van der Waals surface area contributed by atoms with Crippen LogP contribution in [0.15, 0.2) is 42.5 Å². The van der Waals surface area contributed by atoms with Gasteiger partial charge in [-0.05, 0) is 55.9 Å². The molecule has 0 aromatic heterocycles. The van der Waals surface area contributed by atoms with Gasteiger partial charge in [0.15, 0.2) is 0 Å². The van der Waals surface area contributed by atoms with E-state index in [9.17, 15) is 15.0 Å².